The van der Waals surface area contributed by atoms with Gasteiger partial charge in [0.05, 0.1) is 11.6 Å². The van der Waals surface area contributed by atoms with Gasteiger partial charge in [-0.2, -0.15) is 0 Å². The first kappa shape index (κ1) is 12.4. The molecule has 0 aromatic heterocycles. The predicted molar refractivity (Wildman–Crippen MR) is 56.9 cm³/mol. The Labute approximate surface area is 84.8 Å². The molecule has 0 saturated carbocycles. The summed E-state index contributed by atoms with van der Waals surface area (Å²) in [5.74, 6) is 5.97. The summed E-state index contributed by atoms with van der Waals surface area (Å²) in [6.07, 6.45) is 3.08. The van der Waals surface area contributed by atoms with Crippen LogP contribution >= 0.6 is 0 Å². The number of hydrogen-bond acceptors (Lipinski definition) is 3. The normalized spacial score (nSPS) is 12.3. The minimum absolute atomic E-state index is 0.00978. The van der Waals surface area contributed by atoms with Crippen LogP contribution in [-0.2, 0) is 9.63 Å². The van der Waals surface area contributed by atoms with Gasteiger partial charge in [0.15, 0.2) is 12.9 Å². The first-order valence-electron chi connectivity index (χ1n) is 4.41. The smallest absolute Gasteiger partial charge is 0.172 e. The summed E-state index contributed by atoms with van der Waals surface area (Å²) in [4.78, 5) is 14.6. The van der Waals surface area contributed by atoms with Crippen molar-refractivity contribution < 1.29 is 9.63 Å². The van der Waals surface area contributed by atoms with Crippen molar-refractivity contribution in [1.82, 2.24) is 0 Å². The number of hydrogen-bond donors (Lipinski definition) is 0. The highest BCUT2D eigenvalue weighted by Crippen LogP contribution is 1.97. The van der Waals surface area contributed by atoms with Gasteiger partial charge < -0.3 is 4.84 Å². The number of rotatable bonds is 5. The molecular weight excluding hydrogens is 178 g/mol. The molecule has 1 unspecified atom stereocenters. The van der Waals surface area contributed by atoms with Crippen molar-refractivity contribution in [1.29, 1.82) is 0 Å². The average Bonchev–Trinajstić information content (AvgIpc) is 2.18. The van der Waals surface area contributed by atoms with E-state index in [1.54, 1.807) is 6.08 Å². The summed E-state index contributed by atoms with van der Waals surface area (Å²) in [7, 11) is 0. The summed E-state index contributed by atoms with van der Waals surface area (Å²) in [6.45, 7) is 7.30. The molecule has 3 nitrogen and oxygen atoms in total. The summed E-state index contributed by atoms with van der Waals surface area (Å²) in [6, 6.07) is 0. The number of aldehydes is 1. The van der Waals surface area contributed by atoms with Crippen molar-refractivity contribution in [2.45, 2.75) is 20.3 Å². The number of carbonyl (C=O) groups is 1. The molecule has 0 N–H and O–H groups in total. The molecule has 0 spiro atoms. The van der Waals surface area contributed by atoms with Crippen molar-refractivity contribution in [2.24, 2.45) is 11.1 Å². The quantitative estimate of drug-likeness (QED) is 0.167. The highest BCUT2D eigenvalue weighted by atomic mass is 16.6. The third kappa shape index (κ3) is 6.01. The molecular formula is C11H15NO2. The molecule has 0 heterocycles. The summed E-state index contributed by atoms with van der Waals surface area (Å²) < 4.78 is 0. The zero-order valence-electron chi connectivity index (χ0n) is 8.62. The lowest BCUT2D eigenvalue weighted by Gasteiger charge is -2.01. The molecule has 0 saturated heterocycles. The largest absolute Gasteiger partial charge is 0.388 e. The lowest BCUT2D eigenvalue weighted by atomic mass is 10.1. The Kier molecular flexibility index (Phi) is 7.16. The Morgan fingerprint density at radius 3 is 3.00 bits per heavy atom. The fourth-order valence-corrected chi connectivity index (χ4v) is 0.637. The zero-order chi connectivity index (χ0) is 10.8. The van der Waals surface area contributed by atoms with E-state index in [-0.39, 0.29) is 12.5 Å². The molecule has 0 aromatic carbocycles. The Morgan fingerprint density at radius 2 is 2.43 bits per heavy atom. The minimum Gasteiger partial charge on any atom is -0.388 e. The van der Waals surface area contributed by atoms with Gasteiger partial charge in [0.1, 0.15) is 0 Å². The van der Waals surface area contributed by atoms with Gasteiger partial charge >= 0.3 is 0 Å². The maximum Gasteiger partial charge on any atom is 0.172 e. The van der Waals surface area contributed by atoms with Crippen LogP contribution in [0.15, 0.2) is 17.8 Å². The van der Waals surface area contributed by atoms with Crippen LogP contribution < -0.4 is 0 Å². The van der Waals surface area contributed by atoms with Crippen molar-refractivity contribution in [3.8, 4) is 11.8 Å². The van der Waals surface area contributed by atoms with Gasteiger partial charge in [0, 0.05) is 6.42 Å². The second-order valence-electron chi connectivity index (χ2n) is 2.73. The van der Waals surface area contributed by atoms with Crippen molar-refractivity contribution in [3.05, 3.63) is 12.7 Å². The van der Waals surface area contributed by atoms with Gasteiger partial charge in [-0.05, 0) is 13.8 Å². The molecule has 0 aromatic rings. The van der Waals surface area contributed by atoms with Gasteiger partial charge in [-0.1, -0.05) is 23.1 Å². The molecule has 76 valence electrons. The zero-order valence-corrected chi connectivity index (χ0v) is 8.62. The summed E-state index contributed by atoms with van der Waals surface area (Å²) >= 11 is 0. The number of nitrogens with zero attached hydrogens (tertiary/aromatic N) is 1. The van der Waals surface area contributed by atoms with Crippen LogP contribution in [0.5, 0.6) is 0 Å². The van der Waals surface area contributed by atoms with Crippen molar-refractivity contribution in [2.75, 3.05) is 6.61 Å². The summed E-state index contributed by atoms with van der Waals surface area (Å²) in [5.41, 5.74) is 0.767. The number of oxime groups is 1. The fourth-order valence-electron chi connectivity index (χ4n) is 0.637. The van der Waals surface area contributed by atoms with Crippen molar-refractivity contribution >= 4 is 12.0 Å². The second-order valence-corrected chi connectivity index (χ2v) is 2.73. The Bertz CT molecular complexity index is 271. The minimum atomic E-state index is -0.00978. The van der Waals surface area contributed by atoms with Crippen LogP contribution in [0.2, 0.25) is 0 Å². The molecule has 0 bridgehead atoms. The van der Waals surface area contributed by atoms with E-state index in [0.717, 1.165) is 5.71 Å². The van der Waals surface area contributed by atoms with Crippen LogP contribution in [0.3, 0.4) is 0 Å². The Hall–Kier alpha value is -1.56. The summed E-state index contributed by atoms with van der Waals surface area (Å²) in [5, 5.41) is 3.75. The van der Waals surface area contributed by atoms with Gasteiger partial charge in [-0.15, -0.1) is 6.58 Å². The standard InChI is InChI=1S/C11H15NO2/c1-4-5-6-7-10(2)11(3)12-14-9-8-13/h4,8,10H,1,5,9H2,2-3H3/b12-11-. The molecule has 0 aliphatic rings. The lowest BCUT2D eigenvalue weighted by Crippen LogP contribution is -2.05. The third-order valence-electron chi connectivity index (χ3n) is 1.54. The molecule has 0 aliphatic heterocycles. The van der Waals surface area contributed by atoms with E-state index in [9.17, 15) is 4.79 Å². The first-order valence-corrected chi connectivity index (χ1v) is 4.41. The Balaban J connectivity index is 4.04. The van der Waals surface area contributed by atoms with Gasteiger partial charge in [-0.25, -0.2) is 0 Å². The van der Waals surface area contributed by atoms with Gasteiger partial charge in [-0.3, -0.25) is 4.79 Å². The van der Waals surface area contributed by atoms with E-state index in [0.29, 0.717) is 12.7 Å². The number of carbonyl (C=O) groups excluding carboxylic acids is 1. The van der Waals surface area contributed by atoms with Gasteiger partial charge in [0.25, 0.3) is 0 Å². The topological polar surface area (TPSA) is 38.7 Å². The van der Waals surface area contributed by atoms with Crippen LogP contribution in [0.4, 0.5) is 0 Å². The second kappa shape index (κ2) is 8.06. The molecule has 0 amide bonds. The highest BCUT2D eigenvalue weighted by Gasteiger charge is 2.01. The third-order valence-corrected chi connectivity index (χ3v) is 1.54. The predicted octanol–water partition coefficient (Wildman–Crippen LogP) is 1.79. The van der Waals surface area contributed by atoms with Crippen LogP contribution in [0, 0.1) is 17.8 Å². The number of allylic oxidation sites excluding steroid dienone is 1. The van der Waals surface area contributed by atoms with Gasteiger partial charge in [0.2, 0.25) is 0 Å². The monoisotopic (exact) mass is 193 g/mol. The van der Waals surface area contributed by atoms with Crippen LogP contribution in [-0.4, -0.2) is 18.6 Å². The average molecular weight is 193 g/mol. The van der Waals surface area contributed by atoms with Crippen LogP contribution in [0.1, 0.15) is 20.3 Å². The maximum absolute atomic E-state index is 9.93. The molecule has 0 fully saturated rings. The maximum atomic E-state index is 9.93. The van der Waals surface area contributed by atoms with E-state index < -0.39 is 0 Å². The molecule has 1 atom stereocenters. The SMILES string of the molecule is C=CCC#CC(C)/C(C)=N\OCC=O. The molecule has 0 radical (unpaired) electrons. The first-order chi connectivity index (χ1) is 6.72. The van der Waals surface area contributed by atoms with Crippen molar-refractivity contribution in [3.63, 3.8) is 0 Å². The van der Waals surface area contributed by atoms with E-state index in [1.165, 1.54) is 0 Å². The highest BCUT2D eigenvalue weighted by molar-refractivity contribution is 5.86. The van der Waals surface area contributed by atoms with E-state index in [2.05, 4.69) is 23.6 Å². The van der Waals surface area contributed by atoms with E-state index in [1.807, 2.05) is 13.8 Å². The van der Waals surface area contributed by atoms with E-state index in [4.69, 9.17) is 4.84 Å². The Morgan fingerprint density at radius 1 is 1.71 bits per heavy atom. The van der Waals surface area contributed by atoms with Crippen LogP contribution in [0.25, 0.3) is 0 Å². The fraction of sp³-hybridized carbons (Fsp3) is 0.455. The molecule has 3 heteroatoms. The molecule has 14 heavy (non-hydrogen) atoms. The van der Waals surface area contributed by atoms with E-state index >= 15 is 0 Å². The lowest BCUT2D eigenvalue weighted by molar-refractivity contribution is -0.111. The molecule has 0 aliphatic carbocycles. The molecule has 0 rings (SSSR count).